The van der Waals surface area contributed by atoms with E-state index < -0.39 is 24.5 Å². The summed E-state index contributed by atoms with van der Waals surface area (Å²) in [4.78, 5) is 32.3. The molecule has 0 aliphatic carbocycles. The van der Waals surface area contributed by atoms with Gasteiger partial charge in [0.1, 0.15) is 6.61 Å². The average molecular weight is 382 g/mol. The van der Waals surface area contributed by atoms with Gasteiger partial charge in [-0.25, -0.2) is 14.4 Å². The van der Waals surface area contributed by atoms with Crippen LogP contribution in [0.2, 0.25) is 0 Å². The molecular weight excluding hydrogens is 352 g/mol. The lowest BCUT2D eigenvalue weighted by Gasteiger charge is -2.09. The zero-order chi connectivity index (χ0) is 20.7. The second-order valence-corrected chi connectivity index (χ2v) is 5.93. The van der Waals surface area contributed by atoms with E-state index in [1.807, 2.05) is 0 Å². The molecule has 0 aromatic heterocycles. The molecule has 0 atom stereocenters. The molecule has 0 amide bonds. The van der Waals surface area contributed by atoms with Gasteiger partial charge in [-0.05, 0) is 31.4 Å². The third kappa shape index (κ3) is 10.4. The van der Waals surface area contributed by atoms with Gasteiger partial charge in [-0.3, -0.25) is 0 Å². The number of benzene rings is 1. The highest BCUT2D eigenvalue weighted by atomic mass is 16.5. The summed E-state index contributed by atoms with van der Waals surface area (Å²) in [6.45, 7) is 3.66. The average Bonchev–Trinajstić information content (AvgIpc) is 2.64. The minimum atomic E-state index is -1.19. The molecule has 0 bridgehead atoms. The number of ether oxygens (including phenoxy) is 1. The first-order valence-corrected chi connectivity index (χ1v) is 9.23. The predicted octanol–water partition coefficient (Wildman–Crippen LogP) is 3.53. The van der Waals surface area contributed by atoms with Crippen LogP contribution < -0.4 is 0 Å². The summed E-state index contributed by atoms with van der Waals surface area (Å²) in [5.74, 6) is -2.92. The first-order chi connectivity index (χ1) is 12.9. The molecule has 0 radical (unpaired) electrons. The standard InChI is InChI=1S/C16H22O4.C4H8O3/c1-2-3-4-5-6-7-9-12-10-8-11-13(15(17)18)14(12)16(19)20;1-2-7-4(6)3-5/h8,10-11H,2-7,9H2,1H3,(H,17,18)(H,19,20);5H,2-3H2,1H3. The zero-order valence-corrected chi connectivity index (χ0v) is 16.1. The number of carbonyl (C=O) groups excluding carboxylic acids is 1. The SMILES string of the molecule is CCCCCCCCc1cccc(C(=O)O)c1C(=O)O.CCOC(=O)CO. The van der Waals surface area contributed by atoms with E-state index >= 15 is 0 Å². The maximum absolute atomic E-state index is 11.3. The number of aryl methyl sites for hydroxylation is 1. The number of hydrogen-bond donors (Lipinski definition) is 3. The van der Waals surface area contributed by atoms with Gasteiger partial charge in [-0.1, -0.05) is 51.2 Å². The predicted molar refractivity (Wildman–Crippen MR) is 101 cm³/mol. The summed E-state index contributed by atoms with van der Waals surface area (Å²) in [6.07, 6.45) is 7.35. The second-order valence-electron chi connectivity index (χ2n) is 5.93. The Morgan fingerprint density at radius 1 is 0.926 bits per heavy atom. The summed E-state index contributed by atoms with van der Waals surface area (Å²) in [6, 6.07) is 4.67. The van der Waals surface area contributed by atoms with E-state index in [1.165, 1.54) is 25.3 Å². The van der Waals surface area contributed by atoms with Gasteiger partial charge in [-0.15, -0.1) is 0 Å². The Balaban J connectivity index is 0.000000821. The number of aliphatic hydroxyl groups is 1. The van der Waals surface area contributed by atoms with Crippen LogP contribution in [0.25, 0.3) is 0 Å². The molecule has 1 rings (SSSR count). The minimum Gasteiger partial charge on any atom is -0.478 e. The van der Waals surface area contributed by atoms with Crippen molar-refractivity contribution in [3.8, 4) is 0 Å². The first kappa shape index (κ1) is 24.6. The van der Waals surface area contributed by atoms with E-state index in [-0.39, 0.29) is 11.1 Å². The second kappa shape index (κ2) is 14.7. The van der Waals surface area contributed by atoms with Crippen LogP contribution in [0.4, 0.5) is 0 Å². The highest BCUT2D eigenvalue weighted by molar-refractivity contribution is 6.02. The molecule has 7 nitrogen and oxygen atoms in total. The Labute approximate surface area is 160 Å². The number of unbranched alkanes of at least 4 members (excludes halogenated alkanes) is 5. The van der Waals surface area contributed by atoms with Crippen molar-refractivity contribution in [1.29, 1.82) is 0 Å². The van der Waals surface area contributed by atoms with Crippen LogP contribution >= 0.6 is 0 Å². The van der Waals surface area contributed by atoms with Crippen molar-refractivity contribution >= 4 is 17.9 Å². The Bertz CT molecular complexity index is 596. The molecule has 27 heavy (non-hydrogen) atoms. The molecule has 7 heteroatoms. The summed E-state index contributed by atoms with van der Waals surface area (Å²) >= 11 is 0. The Kier molecular flexibility index (Phi) is 13.4. The molecule has 0 aliphatic rings. The van der Waals surface area contributed by atoms with Crippen LogP contribution in [0.3, 0.4) is 0 Å². The normalized spacial score (nSPS) is 9.89. The van der Waals surface area contributed by atoms with E-state index in [0.717, 1.165) is 19.3 Å². The quantitative estimate of drug-likeness (QED) is 0.395. The van der Waals surface area contributed by atoms with E-state index in [0.29, 0.717) is 18.6 Å². The molecule has 0 saturated carbocycles. The van der Waals surface area contributed by atoms with Crippen molar-refractivity contribution in [2.45, 2.75) is 58.8 Å². The van der Waals surface area contributed by atoms with Gasteiger partial charge in [0.2, 0.25) is 0 Å². The number of hydrogen-bond acceptors (Lipinski definition) is 5. The van der Waals surface area contributed by atoms with Gasteiger partial charge in [0.05, 0.1) is 17.7 Å². The van der Waals surface area contributed by atoms with Gasteiger partial charge in [0.15, 0.2) is 0 Å². The fourth-order valence-electron chi connectivity index (χ4n) is 2.54. The minimum absolute atomic E-state index is 0.0615. The van der Waals surface area contributed by atoms with Crippen molar-refractivity contribution in [3.63, 3.8) is 0 Å². The molecule has 0 fully saturated rings. The highest BCUT2D eigenvalue weighted by Gasteiger charge is 2.19. The Morgan fingerprint density at radius 2 is 1.56 bits per heavy atom. The topological polar surface area (TPSA) is 121 Å². The fourth-order valence-corrected chi connectivity index (χ4v) is 2.54. The third-order valence-electron chi connectivity index (χ3n) is 3.83. The van der Waals surface area contributed by atoms with Crippen molar-refractivity contribution < 1.29 is 34.4 Å². The first-order valence-electron chi connectivity index (χ1n) is 9.23. The number of esters is 1. The molecule has 0 heterocycles. The monoisotopic (exact) mass is 382 g/mol. The molecule has 3 N–H and O–H groups in total. The zero-order valence-electron chi connectivity index (χ0n) is 16.1. The maximum atomic E-state index is 11.3. The molecular formula is C20H30O7. The number of carboxylic acids is 2. The third-order valence-corrected chi connectivity index (χ3v) is 3.83. The van der Waals surface area contributed by atoms with Crippen LogP contribution in [0.15, 0.2) is 18.2 Å². The molecule has 0 aliphatic heterocycles. The molecule has 1 aromatic carbocycles. The van der Waals surface area contributed by atoms with E-state index in [9.17, 15) is 19.5 Å². The summed E-state index contributed by atoms with van der Waals surface area (Å²) in [7, 11) is 0. The van der Waals surface area contributed by atoms with Crippen LogP contribution in [-0.4, -0.2) is 46.4 Å². The summed E-state index contributed by atoms with van der Waals surface area (Å²) in [5, 5.41) is 26.2. The number of rotatable bonds is 11. The van der Waals surface area contributed by atoms with Crippen molar-refractivity contribution in [2.24, 2.45) is 0 Å². The smallest absolute Gasteiger partial charge is 0.336 e. The van der Waals surface area contributed by atoms with Crippen molar-refractivity contribution in [3.05, 3.63) is 34.9 Å². The number of carbonyl (C=O) groups is 3. The van der Waals surface area contributed by atoms with Crippen LogP contribution in [0, 0.1) is 0 Å². The lowest BCUT2D eigenvalue weighted by atomic mass is 9.96. The summed E-state index contributed by atoms with van der Waals surface area (Å²) < 4.78 is 4.30. The maximum Gasteiger partial charge on any atom is 0.336 e. The lowest BCUT2D eigenvalue weighted by molar-refractivity contribution is -0.146. The van der Waals surface area contributed by atoms with Crippen LogP contribution in [0.5, 0.6) is 0 Å². The number of aromatic carboxylic acids is 2. The van der Waals surface area contributed by atoms with Gasteiger partial charge >= 0.3 is 17.9 Å². The van der Waals surface area contributed by atoms with E-state index in [4.69, 9.17) is 10.2 Å². The van der Waals surface area contributed by atoms with Gasteiger partial charge in [0, 0.05) is 0 Å². The van der Waals surface area contributed by atoms with E-state index in [1.54, 1.807) is 19.1 Å². The number of carboxylic acid groups (broad SMARTS) is 2. The molecule has 0 spiro atoms. The van der Waals surface area contributed by atoms with Gasteiger partial charge in [-0.2, -0.15) is 0 Å². The Hall–Kier alpha value is -2.41. The van der Waals surface area contributed by atoms with Crippen molar-refractivity contribution in [2.75, 3.05) is 13.2 Å². The van der Waals surface area contributed by atoms with Crippen molar-refractivity contribution in [1.82, 2.24) is 0 Å². The highest BCUT2D eigenvalue weighted by Crippen LogP contribution is 2.18. The number of aliphatic hydroxyl groups excluding tert-OH is 1. The molecule has 0 unspecified atom stereocenters. The largest absolute Gasteiger partial charge is 0.478 e. The van der Waals surface area contributed by atoms with E-state index in [2.05, 4.69) is 11.7 Å². The molecule has 152 valence electrons. The molecule has 0 saturated heterocycles. The van der Waals surface area contributed by atoms with Gasteiger partial charge in [0.25, 0.3) is 0 Å². The Morgan fingerprint density at radius 3 is 2.04 bits per heavy atom. The van der Waals surface area contributed by atoms with Crippen LogP contribution in [-0.2, 0) is 16.0 Å². The fraction of sp³-hybridized carbons (Fsp3) is 0.550. The van der Waals surface area contributed by atoms with Crippen LogP contribution in [0.1, 0.15) is 78.7 Å². The lowest BCUT2D eigenvalue weighted by Crippen LogP contribution is -2.11. The van der Waals surface area contributed by atoms with Gasteiger partial charge < -0.3 is 20.1 Å². The summed E-state index contributed by atoms with van der Waals surface area (Å²) in [5.41, 5.74) is 0.433. The molecule has 1 aromatic rings.